The normalized spacial score (nSPS) is 12.8. The first-order valence-electron chi connectivity index (χ1n) is 8.79. The number of hydrogen-bond donors (Lipinski definition) is 2. The number of thiocarbonyl (C=S) groups is 1. The van der Waals surface area contributed by atoms with Crippen LogP contribution in [0.4, 0.5) is 5.00 Å². The Kier molecular flexibility index (Phi) is 6.93. The van der Waals surface area contributed by atoms with E-state index in [9.17, 15) is 9.59 Å². The Bertz CT molecular complexity index is 944. The van der Waals surface area contributed by atoms with Crippen LogP contribution in [0, 0.1) is 0 Å². The zero-order chi connectivity index (χ0) is 20.3. The second-order valence-electron chi connectivity index (χ2n) is 6.17. The van der Waals surface area contributed by atoms with E-state index >= 15 is 0 Å². The third-order valence-electron chi connectivity index (χ3n) is 4.29. The number of ether oxygens (including phenoxy) is 1. The van der Waals surface area contributed by atoms with Gasteiger partial charge in [-0.2, -0.15) is 0 Å². The van der Waals surface area contributed by atoms with Crippen molar-refractivity contribution in [3.8, 4) is 0 Å². The number of hydrogen-bond acceptors (Lipinski definition) is 5. The Balaban J connectivity index is 1.78. The number of fused-ring (bicyclic) bond motifs is 1. The van der Waals surface area contributed by atoms with Crippen molar-refractivity contribution < 1.29 is 14.3 Å². The van der Waals surface area contributed by atoms with E-state index in [0.29, 0.717) is 27.8 Å². The summed E-state index contributed by atoms with van der Waals surface area (Å²) in [6, 6.07) is 4.57. The van der Waals surface area contributed by atoms with Gasteiger partial charge in [-0.05, 0) is 68.6 Å². The van der Waals surface area contributed by atoms with E-state index in [2.05, 4.69) is 10.6 Å². The highest BCUT2D eigenvalue weighted by molar-refractivity contribution is 7.80. The summed E-state index contributed by atoms with van der Waals surface area (Å²) < 4.78 is 5.22. The molecule has 3 rings (SSSR count). The number of rotatable bonds is 4. The smallest absolute Gasteiger partial charge is 0.341 e. The van der Waals surface area contributed by atoms with Crippen molar-refractivity contribution in [1.82, 2.24) is 5.32 Å². The van der Waals surface area contributed by atoms with Gasteiger partial charge in [0.25, 0.3) is 5.91 Å². The van der Waals surface area contributed by atoms with E-state index in [4.69, 9.17) is 40.2 Å². The summed E-state index contributed by atoms with van der Waals surface area (Å²) in [5.74, 6) is -0.793. The standard InChI is InChI=1S/C19H18Cl2N2O3S2/c1-2-26-18(25)15-11-5-3-4-6-14(11)28-17(15)23-19(27)22-16(24)10-7-8-12(20)13(21)9-10/h7-9H,2-6H2,1H3,(H2,22,23,24,27). The fraction of sp³-hybridized carbons (Fsp3) is 0.316. The Morgan fingerprint density at radius 3 is 2.68 bits per heavy atom. The highest BCUT2D eigenvalue weighted by Crippen LogP contribution is 2.38. The predicted octanol–water partition coefficient (Wildman–Crippen LogP) is 5.24. The van der Waals surface area contributed by atoms with E-state index < -0.39 is 5.91 Å². The first-order chi connectivity index (χ1) is 13.4. The highest BCUT2D eigenvalue weighted by atomic mass is 35.5. The fourth-order valence-corrected chi connectivity index (χ4v) is 4.86. The van der Waals surface area contributed by atoms with Crippen LogP contribution < -0.4 is 10.6 Å². The lowest BCUT2D eigenvalue weighted by Crippen LogP contribution is -2.34. The van der Waals surface area contributed by atoms with E-state index in [1.807, 2.05) is 0 Å². The average Bonchev–Trinajstić information content (AvgIpc) is 3.01. The molecule has 0 fully saturated rings. The molecule has 1 aliphatic carbocycles. The van der Waals surface area contributed by atoms with E-state index in [1.165, 1.54) is 17.4 Å². The molecule has 2 aromatic rings. The molecule has 1 aromatic heterocycles. The van der Waals surface area contributed by atoms with Gasteiger partial charge >= 0.3 is 5.97 Å². The molecule has 0 radical (unpaired) electrons. The van der Waals surface area contributed by atoms with Crippen molar-refractivity contribution >= 4 is 68.7 Å². The quantitative estimate of drug-likeness (QED) is 0.486. The number of aryl methyl sites for hydroxylation is 1. The number of nitrogens with one attached hydrogen (secondary N) is 2. The molecule has 0 saturated heterocycles. The lowest BCUT2D eigenvalue weighted by molar-refractivity contribution is 0.0526. The zero-order valence-electron chi connectivity index (χ0n) is 15.1. The molecular formula is C19H18Cl2N2O3S2. The summed E-state index contributed by atoms with van der Waals surface area (Å²) in [6.07, 6.45) is 3.89. The number of carbonyl (C=O) groups excluding carboxylic acids is 2. The largest absolute Gasteiger partial charge is 0.462 e. The van der Waals surface area contributed by atoms with E-state index in [0.717, 1.165) is 36.1 Å². The number of esters is 1. The minimum atomic E-state index is -0.421. The van der Waals surface area contributed by atoms with Crippen molar-refractivity contribution in [3.63, 3.8) is 0 Å². The summed E-state index contributed by atoms with van der Waals surface area (Å²) in [5, 5.41) is 6.94. The lowest BCUT2D eigenvalue weighted by Gasteiger charge is -2.13. The van der Waals surface area contributed by atoms with Crippen LogP contribution in [0.15, 0.2) is 18.2 Å². The molecule has 2 N–H and O–H groups in total. The Hall–Kier alpha value is -1.67. The molecule has 0 spiro atoms. The maximum atomic E-state index is 12.5. The maximum absolute atomic E-state index is 12.5. The molecule has 0 atom stereocenters. The van der Waals surface area contributed by atoms with Crippen LogP contribution in [0.1, 0.15) is 50.9 Å². The van der Waals surface area contributed by atoms with Crippen molar-refractivity contribution in [2.45, 2.75) is 32.6 Å². The zero-order valence-corrected chi connectivity index (χ0v) is 18.2. The second-order valence-corrected chi connectivity index (χ2v) is 8.50. The minimum absolute atomic E-state index is 0.0974. The molecular weight excluding hydrogens is 439 g/mol. The van der Waals surface area contributed by atoms with Crippen LogP contribution in [-0.2, 0) is 17.6 Å². The van der Waals surface area contributed by atoms with Gasteiger partial charge in [0.05, 0.1) is 22.2 Å². The summed E-state index contributed by atoms with van der Waals surface area (Å²) in [4.78, 5) is 26.0. The summed E-state index contributed by atoms with van der Waals surface area (Å²) in [6.45, 7) is 2.06. The van der Waals surface area contributed by atoms with Gasteiger partial charge in [0, 0.05) is 10.4 Å². The van der Waals surface area contributed by atoms with Gasteiger partial charge in [-0.25, -0.2) is 4.79 Å². The van der Waals surface area contributed by atoms with Crippen LogP contribution in [0.5, 0.6) is 0 Å². The van der Waals surface area contributed by atoms with Crippen LogP contribution in [0.2, 0.25) is 10.0 Å². The Labute approximate surface area is 182 Å². The number of thiophene rings is 1. The van der Waals surface area contributed by atoms with Crippen molar-refractivity contribution in [2.75, 3.05) is 11.9 Å². The molecule has 0 aliphatic heterocycles. The van der Waals surface area contributed by atoms with Gasteiger partial charge in [-0.1, -0.05) is 23.2 Å². The lowest BCUT2D eigenvalue weighted by atomic mass is 9.95. The first-order valence-corrected chi connectivity index (χ1v) is 10.8. The van der Waals surface area contributed by atoms with Crippen LogP contribution in [-0.4, -0.2) is 23.6 Å². The minimum Gasteiger partial charge on any atom is -0.462 e. The molecule has 9 heteroatoms. The van der Waals surface area contributed by atoms with Crippen molar-refractivity contribution in [3.05, 3.63) is 49.8 Å². The molecule has 28 heavy (non-hydrogen) atoms. The topological polar surface area (TPSA) is 67.4 Å². The maximum Gasteiger partial charge on any atom is 0.341 e. The molecule has 1 heterocycles. The molecule has 1 aromatic carbocycles. The Morgan fingerprint density at radius 1 is 1.21 bits per heavy atom. The van der Waals surface area contributed by atoms with Crippen LogP contribution in [0.3, 0.4) is 0 Å². The van der Waals surface area contributed by atoms with E-state index in [1.54, 1.807) is 19.1 Å². The first kappa shape index (κ1) is 21.0. The van der Waals surface area contributed by atoms with Gasteiger partial charge in [-0.3, -0.25) is 10.1 Å². The Morgan fingerprint density at radius 2 is 1.96 bits per heavy atom. The highest BCUT2D eigenvalue weighted by Gasteiger charge is 2.27. The second kappa shape index (κ2) is 9.22. The summed E-state index contributed by atoms with van der Waals surface area (Å²) in [7, 11) is 0. The van der Waals surface area contributed by atoms with Gasteiger partial charge in [-0.15, -0.1) is 11.3 Å². The van der Waals surface area contributed by atoms with Gasteiger partial charge in [0.2, 0.25) is 0 Å². The predicted molar refractivity (Wildman–Crippen MR) is 117 cm³/mol. The molecule has 5 nitrogen and oxygen atoms in total. The van der Waals surface area contributed by atoms with E-state index in [-0.39, 0.29) is 16.1 Å². The van der Waals surface area contributed by atoms with Crippen LogP contribution in [0.25, 0.3) is 0 Å². The number of carbonyl (C=O) groups is 2. The number of amides is 1. The number of halogens is 2. The SMILES string of the molecule is CCOC(=O)c1c(NC(=S)NC(=O)c2ccc(Cl)c(Cl)c2)sc2c1CCCC2. The molecule has 0 unspecified atom stereocenters. The molecule has 1 amide bonds. The summed E-state index contributed by atoms with van der Waals surface area (Å²) in [5.41, 5.74) is 1.87. The monoisotopic (exact) mass is 456 g/mol. The molecule has 1 aliphatic rings. The molecule has 0 saturated carbocycles. The van der Waals surface area contributed by atoms with Gasteiger partial charge < -0.3 is 10.1 Å². The number of benzene rings is 1. The van der Waals surface area contributed by atoms with Gasteiger partial charge in [0.1, 0.15) is 5.00 Å². The number of anilines is 1. The third-order valence-corrected chi connectivity index (χ3v) is 6.44. The third kappa shape index (κ3) is 4.66. The average molecular weight is 457 g/mol. The van der Waals surface area contributed by atoms with Crippen LogP contribution >= 0.6 is 46.8 Å². The summed E-state index contributed by atoms with van der Waals surface area (Å²) >= 11 is 18.6. The van der Waals surface area contributed by atoms with Gasteiger partial charge in [0.15, 0.2) is 5.11 Å². The fourth-order valence-electron chi connectivity index (χ4n) is 3.02. The van der Waals surface area contributed by atoms with Crippen molar-refractivity contribution in [2.24, 2.45) is 0 Å². The molecule has 148 valence electrons. The van der Waals surface area contributed by atoms with Crippen molar-refractivity contribution in [1.29, 1.82) is 0 Å². The molecule has 0 bridgehead atoms.